The second kappa shape index (κ2) is 7.69. The second-order valence-corrected chi connectivity index (χ2v) is 5.08. The molecule has 13 heavy (non-hydrogen) atoms. The number of hydrogen-bond donors (Lipinski definition) is 1. The Labute approximate surface area is 87.1 Å². The van der Waals surface area contributed by atoms with E-state index >= 15 is 0 Å². The van der Waals surface area contributed by atoms with Gasteiger partial charge in [0.25, 0.3) is 0 Å². The summed E-state index contributed by atoms with van der Waals surface area (Å²) in [6, 6.07) is 0.820. The number of nitrogens with one attached hydrogen (secondary N) is 1. The van der Waals surface area contributed by atoms with Crippen molar-refractivity contribution in [1.29, 1.82) is 0 Å². The van der Waals surface area contributed by atoms with Gasteiger partial charge < -0.3 is 5.32 Å². The van der Waals surface area contributed by atoms with E-state index in [0.29, 0.717) is 0 Å². The van der Waals surface area contributed by atoms with E-state index in [4.69, 9.17) is 0 Å². The molecule has 2 heteroatoms. The molecule has 0 spiro atoms. The Balaban J connectivity index is 1.86. The fourth-order valence-electron chi connectivity index (χ4n) is 1.75. The molecule has 1 aliphatic heterocycles. The number of unbranched alkanes of at least 4 members (excludes halogenated alkanes) is 2. The van der Waals surface area contributed by atoms with Crippen molar-refractivity contribution in [3.63, 3.8) is 0 Å². The Morgan fingerprint density at radius 3 is 2.92 bits per heavy atom. The molecule has 0 saturated carbocycles. The van der Waals surface area contributed by atoms with Gasteiger partial charge in [-0.05, 0) is 31.6 Å². The van der Waals surface area contributed by atoms with Gasteiger partial charge in [-0.25, -0.2) is 0 Å². The summed E-state index contributed by atoms with van der Waals surface area (Å²) in [4.78, 5) is 0. The minimum absolute atomic E-state index is 0.820. The van der Waals surface area contributed by atoms with E-state index in [1.54, 1.807) is 0 Å². The first-order chi connectivity index (χ1) is 6.43. The predicted octanol–water partition coefficient (Wildman–Crippen LogP) is 3.05. The fourth-order valence-corrected chi connectivity index (χ4v) is 2.89. The summed E-state index contributed by atoms with van der Waals surface area (Å²) in [6.45, 7) is 3.52. The van der Waals surface area contributed by atoms with E-state index in [2.05, 4.69) is 24.0 Å². The molecule has 0 aromatic heterocycles. The van der Waals surface area contributed by atoms with Crippen LogP contribution in [0.4, 0.5) is 0 Å². The molecule has 1 aliphatic rings. The third-order valence-electron chi connectivity index (χ3n) is 2.62. The van der Waals surface area contributed by atoms with Crippen molar-refractivity contribution in [2.45, 2.75) is 51.5 Å². The van der Waals surface area contributed by atoms with Crippen LogP contribution in [0, 0.1) is 0 Å². The van der Waals surface area contributed by atoms with Crippen molar-refractivity contribution >= 4 is 11.8 Å². The molecule has 1 heterocycles. The zero-order valence-electron chi connectivity index (χ0n) is 8.85. The average Bonchev–Trinajstić information content (AvgIpc) is 2.19. The molecule has 0 bridgehead atoms. The van der Waals surface area contributed by atoms with E-state index in [9.17, 15) is 0 Å². The highest BCUT2D eigenvalue weighted by atomic mass is 32.2. The normalized spacial score (nSPS) is 23.3. The number of thioether (sulfide) groups is 1. The fraction of sp³-hybridized carbons (Fsp3) is 1.00. The van der Waals surface area contributed by atoms with E-state index in [1.807, 2.05) is 0 Å². The monoisotopic (exact) mass is 201 g/mol. The van der Waals surface area contributed by atoms with Crippen molar-refractivity contribution < 1.29 is 0 Å². The highest BCUT2D eigenvalue weighted by Crippen LogP contribution is 2.14. The van der Waals surface area contributed by atoms with Gasteiger partial charge in [0.15, 0.2) is 0 Å². The van der Waals surface area contributed by atoms with Crippen LogP contribution in [-0.2, 0) is 0 Å². The van der Waals surface area contributed by atoms with Gasteiger partial charge in [-0.2, -0.15) is 11.8 Å². The first-order valence-corrected chi connectivity index (χ1v) is 6.90. The molecule has 1 atom stereocenters. The summed E-state index contributed by atoms with van der Waals surface area (Å²) < 4.78 is 0. The molecular weight excluding hydrogens is 178 g/mol. The molecule has 78 valence electrons. The van der Waals surface area contributed by atoms with Crippen LogP contribution >= 0.6 is 11.8 Å². The molecule has 0 radical (unpaired) electrons. The van der Waals surface area contributed by atoms with Crippen LogP contribution in [0.15, 0.2) is 0 Å². The van der Waals surface area contributed by atoms with Crippen LogP contribution in [0.1, 0.15) is 45.4 Å². The SMILES string of the molecule is CCCCCSCC1CCCCN1. The van der Waals surface area contributed by atoms with Crippen molar-refractivity contribution in [1.82, 2.24) is 5.32 Å². The lowest BCUT2D eigenvalue weighted by Crippen LogP contribution is -2.35. The van der Waals surface area contributed by atoms with Gasteiger partial charge in [0.2, 0.25) is 0 Å². The van der Waals surface area contributed by atoms with Crippen molar-refractivity contribution in [3.8, 4) is 0 Å². The summed E-state index contributed by atoms with van der Waals surface area (Å²) in [5.74, 6) is 2.70. The minimum atomic E-state index is 0.820. The molecule has 1 rings (SSSR count). The summed E-state index contributed by atoms with van der Waals surface area (Å²) in [5.41, 5.74) is 0. The Bertz CT molecular complexity index is 111. The lowest BCUT2D eigenvalue weighted by atomic mass is 10.1. The summed E-state index contributed by atoms with van der Waals surface area (Å²) in [6.07, 6.45) is 8.40. The molecule has 1 unspecified atom stereocenters. The molecule has 1 nitrogen and oxygen atoms in total. The topological polar surface area (TPSA) is 12.0 Å². The van der Waals surface area contributed by atoms with Gasteiger partial charge in [0.1, 0.15) is 0 Å². The molecule has 0 aromatic rings. The Hall–Kier alpha value is 0.310. The van der Waals surface area contributed by atoms with Crippen molar-refractivity contribution in [2.24, 2.45) is 0 Å². The maximum Gasteiger partial charge on any atom is 0.0158 e. The van der Waals surface area contributed by atoms with Crippen LogP contribution in [0.5, 0.6) is 0 Å². The molecule has 1 N–H and O–H groups in total. The van der Waals surface area contributed by atoms with Crippen LogP contribution in [0.25, 0.3) is 0 Å². The Morgan fingerprint density at radius 2 is 2.23 bits per heavy atom. The van der Waals surface area contributed by atoms with Gasteiger partial charge in [0, 0.05) is 11.8 Å². The zero-order chi connectivity index (χ0) is 9.36. The van der Waals surface area contributed by atoms with Gasteiger partial charge in [-0.3, -0.25) is 0 Å². The van der Waals surface area contributed by atoms with E-state index < -0.39 is 0 Å². The zero-order valence-corrected chi connectivity index (χ0v) is 9.67. The maximum atomic E-state index is 3.59. The number of rotatable bonds is 6. The highest BCUT2D eigenvalue weighted by molar-refractivity contribution is 7.99. The molecule has 0 amide bonds. The van der Waals surface area contributed by atoms with E-state index in [-0.39, 0.29) is 0 Å². The van der Waals surface area contributed by atoms with Crippen LogP contribution in [-0.4, -0.2) is 24.1 Å². The predicted molar refractivity (Wildman–Crippen MR) is 62.5 cm³/mol. The van der Waals surface area contributed by atoms with E-state index in [0.717, 1.165) is 6.04 Å². The molecule has 1 saturated heterocycles. The number of piperidine rings is 1. The van der Waals surface area contributed by atoms with Gasteiger partial charge in [0.05, 0.1) is 0 Å². The number of hydrogen-bond acceptors (Lipinski definition) is 2. The van der Waals surface area contributed by atoms with Crippen LogP contribution in [0.2, 0.25) is 0 Å². The van der Waals surface area contributed by atoms with Crippen LogP contribution in [0.3, 0.4) is 0 Å². The first-order valence-electron chi connectivity index (χ1n) is 5.74. The van der Waals surface area contributed by atoms with Crippen molar-refractivity contribution in [3.05, 3.63) is 0 Å². The summed E-state index contributed by atoms with van der Waals surface area (Å²) in [5, 5.41) is 3.59. The standard InChI is InChI=1S/C11H23NS/c1-2-3-6-9-13-10-11-7-4-5-8-12-11/h11-12H,2-10H2,1H3. The highest BCUT2D eigenvalue weighted by Gasteiger charge is 2.11. The molecule has 1 fully saturated rings. The Kier molecular flexibility index (Phi) is 6.73. The smallest absolute Gasteiger partial charge is 0.0158 e. The Morgan fingerprint density at radius 1 is 1.31 bits per heavy atom. The third kappa shape index (κ3) is 5.58. The van der Waals surface area contributed by atoms with Gasteiger partial charge >= 0.3 is 0 Å². The summed E-state index contributed by atoms with van der Waals surface area (Å²) >= 11 is 2.14. The first kappa shape index (κ1) is 11.4. The minimum Gasteiger partial charge on any atom is -0.313 e. The third-order valence-corrected chi connectivity index (χ3v) is 3.84. The van der Waals surface area contributed by atoms with Gasteiger partial charge in [-0.1, -0.05) is 26.2 Å². The largest absolute Gasteiger partial charge is 0.313 e. The van der Waals surface area contributed by atoms with Crippen molar-refractivity contribution in [2.75, 3.05) is 18.1 Å². The maximum absolute atomic E-state index is 3.59. The van der Waals surface area contributed by atoms with E-state index in [1.165, 1.54) is 56.6 Å². The average molecular weight is 201 g/mol. The second-order valence-electron chi connectivity index (χ2n) is 3.93. The molecule has 0 aliphatic carbocycles. The lowest BCUT2D eigenvalue weighted by Gasteiger charge is -2.22. The van der Waals surface area contributed by atoms with Crippen LogP contribution < -0.4 is 5.32 Å². The molecule has 0 aromatic carbocycles. The molecular formula is C11H23NS. The summed E-state index contributed by atoms with van der Waals surface area (Å²) in [7, 11) is 0. The quantitative estimate of drug-likeness (QED) is 0.663. The van der Waals surface area contributed by atoms with Gasteiger partial charge in [-0.15, -0.1) is 0 Å². The lowest BCUT2D eigenvalue weighted by molar-refractivity contribution is 0.430.